The van der Waals surface area contributed by atoms with Crippen molar-refractivity contribution in [3.8, 4) is 5.75 Å². The standard InChI is InChI=1S/C16H24N2O2/c1-11-8-9-14(20-3)13(10-11)16(2,15(17)19)18-12-6-4-5-7-12/h8-10,12,18H,4-7H2,1-3H3,(H2,17,19). The Morgan fingerprint density at radius 2 is 2.05 bits per heavy atom. The highest BCUT2D eigenvalue weighted by molar-refractivity contribution is 5.86. The molecule has 1 unspecified atom stereocenters. The zero-order valence-corrected chi connectivity index (χ0v) is 12.5. The van der Waals surface area contributed by atoms with Gasteiger partial charge in [0.1, 0.15) is 11.3 Å². The van der Waals surface area contributed by atoms with Crippen molar-refractivity contribution in [3.63, 3.8) is 0 Å². The number of carbonyl (C=O) groups is 1. The van der Waals surface area contributed by atoms with E-state index < -0.39 is 5.54 Å². The molecule has 0 radical (unpaired) electrons. The van der Waals surface area contributed by atoms with Crippen LogP contribution in [0.25, 0.3) is 0 Å². The van der Waals surface area contributed by atoms with Crippen molar-refractivity contribution in [1.29, 1.82) is 0 Å². The lowest BCUT2D eigenvalue weighted by Gasteiger charge is -2.32. The molecule has 4 heteroatoms. The van der Waals surface area contributed by atoms with Crippen LogP contribution in [0.4, 0.5) is 0 Å². The Labute approximate surface area is 120 Å². The van der Waals surface area contributed by atoms with E-state index in [1.165, 1.54) is 12.8 Å². The summed E-state index contributed by atoms with van der Waals surface area (Å²) in [5.41, 5.74) is 6.70. The number of ether oxygens (including phenoxy) is 1. The fourth-order valence-electron chi connectivity index (χ4n) is 2.97. The highest BCUT2D eigenvalue weighted by atomic mass is 16.5. The number of aryl methyl sites for hydroxylation is 1. The highest BCUT2D eigenvalue weighted by Crippen LogP contribution is 2.33. The van der Waals surface area contributed by atoms with Gasteiger partial charge in [-0.2, -0.15) is 0 Å². The van der Waals surface area contributed by atoms with E-state index in [-0.39, 0.29) is 5.91 Å². The molecule has 20 heavy (non-hydrogen) atoms. The molecule has 0 aliphatic heterocycles. The molecular weight excluding hydrogens is 252 g/mol. The Morgan fingerprint density at radius 1 is 1.40 bits per heavy atom. The summed E-state index contributed by atoms with van der Waals surface area (Å²) in [6, 6.07) is 6.19. The van der Waals surface area contributed by atoms with E-state index >= 15 is 0 Å². The number of amides is 1. The molecule has 0 aromatic heterocycles. The van der Waals surface area contributed by atoms with Crippen LogP contribution in [0.3, 0.4) is 0 Å². The van der Waals surface area contributed by atoms with Crippen molar-refractivity contribution in [2.75, 3.05) is 7.11 Å². The first kappa shape index (κ1) is 14.9. The summed E-state index contributed by atoms with van der Waals surface area (Å²) in [4.78, 5) is 12.1. The van der Waals surface area contributed by atoms with E-state index in [0.717, 1.165) is 24.0 Å². The average molecular weight is 276 g/mol. The molecule has 1 saturated carbocycles. The number of primary amides is 1. The molecule has 1 aliphatic carbocycles. The van der Waals surface area contributed by atoms with Gasteiger partial charge in [-0.3, -0.25) is 10.1 Å². The zero-order chi connectivity index (χ0) is 14.8. The third-order valence-electron chi connectivity index (χ3n) is 4.23. The first-order valence-electron chi connectivity index (χ1n) is 7.20. The Hall–Kier alpha value is -1.55. The molecule has 0 heterocycles. The van der Waals surface area contributed by atoms with Crippen LogP contribution in [0.5, 0.6) is 5.75 Å². The van der Waals surface area contributed by atoms with Crippen LogP contribution in [-0.2, 0) is 10.3 Å². The smallest absolute Gasteiger partial charge is 0.242 e. The van der Waals surface area contributed by atoms with Crippen molar-refractivity contribution >= 4 is 5.91 Å². The summed E-state index contributed by atoms with van der Waals surface area (Å²) in [5.74, 6) is 0.329. The fraction of sp³-hybridized carbons (Fsp3) is 0.562. The minimum atomic E-state index is -0.896. The summed E-state index contributed by atoms with van der Waals surface area (Å²) < 4.78 is 5.41. The molecule has 1 atom stereocenters. The van der Waals surface area contributed by atoms with Crippen molar-refractivity contribution in [1.82, 2.24) is 5.32 Å². The van der Waals surface area contributed by atoms with Crippen LogP contribution < -0.4 is 15.8 Å². The van der Waals surface area contributed by atoms with Crippen molar-refractivity contribution in [2.24, 2.45) is 5.73 Å². The third kappa shape index (κ3) is 2.80. The molecule has 0 spiro atoms. The summed E-state index contributed by atoms with van der Waals surface area (Å²) >= 11 is 0. The molecular formula is C16H24N2O2. The Balaban J connectivity index is 2.40. The van der Waals surface area contributed by atoms with Gasteiger partial charge < -0.3 is 10.5 Å². The number of hydrogen-bond donors (Lipinski definition) is 2. The lowest BCUT2D eigenvalue weighted by molar-refractivity contribution is -0.124. The molecule has 1 aromatic rings. The van der Waals surface area contributed by atoms with Gasteiger partial charge in [-0.1, -0.05) is 24.5 Å². The van der Waals surface area contributed by atoms with Gasteiger partial charge in [-0.15, -0.1) is 0 Å². The molecule has 1 amide bonds. The summed E-state index contributed by atoms with van der Waals surface area (Å²) in [6.45, 7) is 3.85. The molecule has 4 nitrogen and oxygen atoms in total. The van der Waals surface area contributed by atoms with E-state index in [9.17, 15) is 4.79 Å². The minimum Gasteiger partial charge on any atom is -0.496 e. The second-order valence-electron chi connectivity index (χ2n) is 5.82. The fourth-order valence-corrected chi connectivity index (χ4v) is 2.97. The predicted octanol–water partition coefficient (Wildman–Crippen LogP) is 2.24. The Morgan fingerprint density at radius 3 is 2.60 bits per heavy atom. The van der Waals surface area contributed by atoms with Crippen LogP contribution in [0.2, 0.25) is 0 Å². The van der Waals surface area contributed by atoms with Gasteiger partial charge in [0.15, 0.2) is 0 Å². The van der Waals surface area contributed by atoms with Crippen LogP contribution in [0.1, 0.15) is 43.7 Å². The summed E-state index contributed by atoms with van der Waals surface area (Å²) in [7, 11) is 1.62. The van der Waals surface area contributed by atoms with Gasteiger partial charge in [-0.05, 0) is 38.8 Å². The first-order chi connectivity index (χ1) is 9.47. The number of nitrogens with two attached hydrogens (primary N) is 1. The SMILES string of the molecule is COc1ccc(C)cc1C(C)(NC1CCCC1)C(N)=O. The van der Waals surface area contributed by atoms with E-state index in [0.29, 0.717) is 11.8 Å². The maximum Gasteiger partial charge on any atom is 0.242 e. The zero-order valence-electron chi connectivity index (χ0n) is 12.5. The number of nitrogens with one attached hydrogen (secondary N) is 1. The topological polar surface area (TPSA) is 64.3 Å². The average Bonchev–Trinajstić information content (AvgIpc) is 2.91. The van der Waals surface area contributed by atoms with Crippen molar-refractivity contribution in [3.05, 3.63) is 29.3 Å². The largest absolute Gasteiger partial charge is 0.496 e. The molecule has 1 fully saturated rings. The lowest BCUT2D eigenvalue weighted by atomic mass is 9.88. The Kier molecular flexibility index (Phi) is 4.33. The van der Waals surface area contributed by atoms with Gasteiger partial charge >= 0.3 is 0 Å². The van der Waals surface area contributed by atoms with Gasteiger partial charge in [0.2, 0.25) is 5.91 Å². The molecule has 3 N–H and O–H groups in total. The number of benzene rings is 1. The van der Waals surface area contributed by atoms with Gasteiger partial charge in [0.25, 0.3) is 0 Å². The highest BCUT2D eigenvalue weighted by Gasteiger charge is 2.38. The van der Waals surface area contributed by atoms with Crippen LogP contribution in [0.15, 0.2) is 18.2 Å². The molecule has 1 aromatic carbocycles. The van der Waals surface area contributed by atoms with E-state index in [1.807, 2.05) is 32.0 Å². The molecule has 2 rings (SSSR count). The lowest BCUT2D eigenvalue weighted by Crippen LogP contribution is -2.53. The number of methoxy groups -OCH3 is 1. The molecule has 110 valence electrons. The predicted molar refractivity (Wildman–Crippen MR) is 79.7 cm³/mol. The normalized spacial score (nSPS) is 18.8. The quantitative estimate of drug-likeness (QED) is 0.867. The third-order valence-corrected chi connectivity index (χ3v) is 4.23. The number of hydrogen-bond acceptors (Lipinski definition) is 3. The summed E-state index contributed by atoms with van der Waals surface area (Å²) in [6.07, 6.45) is 4.60. The van der Waals surface area contributed by atoms with E-state index in [2.05, 4.69) is 5.32 Å². The minimum absolute atomic E-state index is 0.345. The van der Waals surface area contributed by atoms with Gasteiger partial charge in [-0.25, -0.2) is 0 Å². The van der Waals surface area contributed by atoms with Crippen molar-refractivity contribution in [2.45, 2.75) is 51.1 Å². The molecule has 0 saturated heterocycles. The van der Waals surface area contributed by atoms with Gasteiger partial charge in [0, 0.05) is 11.6 Å². The second-order valence-corrected chi connectivity index (χ2v) is 5.82. The first-order valence-corrected chi connectivity index (χ1v) is 7.20. The van der Waals surface area contributed by atoms with Crippen LogP contribution >= 0.6 is 0 Å². The monoisotopic (exact) mass is 276 g/mol. The maximum atomic E-state index is 12.1. The second kappa shape index (κ2) is 5.83. The maximum absolute atomic E-state index is 12.1. The summed E-state index contributed by atoms with van der Waals surface area (Å²) in [5, 5.41) is 3.46. The number of rotatable bonds is 5. The Bertz CT molecular complexity index is 495. The van der Waals surface area contributed by atoms with Crippen LogP contribution in [-0.4, -0.2) is 19.1 Å². The van der Waals surface area contributed by atoms with Gasteiger partial charge in [0.05, 0.1) is 7.11 Å². The van der Waals surface area contributed by atoms with E-state index in [1.54, 1.807) is 7.11 Å². The van der Waals surface area contributed by atoms with Crippen LogP contribution in [0, 0.1) is 6.92 Å². The van der Waals surface area contributed by atoms with Crippen molar-refractivity contribution < 1.29 is 9.53 Å². The molecule has 0 bridgehead atoms. The molecule has 1 aliphatic rings. The van der Waals surface area contributed by atoms with E-state index in [4.69, 9.17) is 10.5 Å². The number of carbonyl (C=O) groups excluding carboxylic acids is 1.